The molecule has 0 radical (unpaired) electrons. The van der Waals surface area contributed by atoms with Crippen molar-refractivity contribution in [3.63, 3.8) is 0 Å². The second-order valence-electron chi connectivity index (χ2n) is 5.05. The highest BCUT2D eigenvalue weighted by Gasteiger charge is 2.38. The van der Waals surface area contributed by atoms with Crippen LogP contribution in [0.25, 0.3) is 0 Å². The maximum absolute atomic E-state index is 12.2. The maximum atomic E-state index is 12.2. The maximum Gasteiger partial charge on any atom is 0.218 e. The molecule has 0 aromatic carbocycles. The molecular weight excluding hydrogens is 276 g/mol. The third kappa shape index (κ3) is 2.71. The molecule has 106 valence electrons. The Morgan fingerprint density at radius 2 is 2.00 bits per heavy atom. The van der Waals surface area contributed by atoms with E-state index in [1.54, 1.807) is 6.92 Å². The summed E-state index contributed by atoms with van der Waals surface area (Å²) in [5.41, 5.74) is 0. The van der Waals surface area contributed by atoms with E-state index < -0.39 is 30.4 Å². The van der Waals surface area contributed by atoms with Gasteiger partial charge in [0, 0.05) is 26.2 Å². The van der Waals surface area contributed by atoms with Crippen molar-refractivity contribution in [1.82, 2.24) is 9.62 Å². The molecular formula is C10H20N2O4S2. The van der Waals surface area contributed by atoms with Gasteiger partial charge in [-0.1, -0.05) is 0 Å². The molecule has 2 atom stereocenters. The average molecular weight is 296 g/mol. The molecule has 1 N–H and O–H groups in total. The zero-order valence-electron chi connectivity index (χ0n) is 10.5. The summed E-state index contributed by atoms with van der Waals surface area (Å²) in [5.74, 6) is 0.194. The Morgan fingerprint density at radius 1 is 1.28 bits per heavy atom. The van der Waals surface area contributed by atoms with Gasteiger partial charge in [-0.15, -0.1) is 0 Å². The van der Waals surface area contributed by atoms with Crippen molar-refractivity contribution in [3.05, 3.63) is 0 Å². The fraction of sp³-hybridized carbons (Fsp3) is 1.00. The summed E-state index contributed by atoms with van der Waals surface area (Å²) in [6, 6.07) is 0. The molecule has 2 unspecified atom stereocenters. The normalized spacial score (nSPS) is 36.3. The Hall–Kier alpha value is -0.180. The van der Waals surface area contributed by atoms with Crippen LogP contribution in [0.1, 0.15) is 19.8 Å². The Labute approximate surface area is 109 Å². The first-order valence-electron chi connectivity index (χ1n) is 6.25. The van der Waals surface area contributed by atoms with Crippen LogP contribution in [-0.4, -0.2) is 63.6 Å². The number of nitrogens with zero attached hydrogens (tertiary/aromatic N) is 1. The van der Waals surface area contributed by atoms with Gasteiger partial charge in [-0.3, -0.25) is 0 Å². The molecule has 2 aliphatic rings. The third-order valence-corrected chi connectivity index (χ3v) is 8.20. The Balaban J connectivity index is 2.17. The van der Waals surface area contributed by atoms with E-state index in [4.69, 9.17) is 0 Å². The summed E-state index contributed by atoms with van der Waals surface area (Å²) in [6.07, 6.45) is 1.23. The molecule has 2 aliphatic heterocycles. The minimum Gasteiger partial charge on any atom is -0.314 e. The van der Waals surface area contributed by atoms with Gasteiger partial charge in [0.2, 0.25) is 10.0 Å². The van der Waals surface area contributed by atoms with Gasteiger partial charge in [-0.05, 0) is 19.8 Å². The van der Waals surface area contributed by atoms with E-state index in [1.807, 2.05) is 0 Å². The number of sulfone groups is 1. The smallest absolute Gasteiger partial charge is 0.218 e. The van der Waals surface area contributed by atoms with Gasteiger partial charge >= 0.3 is 0 Å². The van der Waals surface area contributed by atoms with Gasteiger partial charge in [0.15, 0.2) is 9.84 Å². The molecule has 8 heteroatoms. The van der Waals surface area contributed by atoms with Gasteiger partial charge < -0.3 is 5.32 Å². The van der Waals surface area contributed by atoms with E-state index in [0.29, 0.717) is 32.5 Å². The Kier molecular flexibility index (Phi) is 4.01. The highest BCUT2D eigenvalue weighted by Crippen LogP contribution is 2.23. The molecule has 0 aromatic rings. The van der Waals surface area contributed by atoms with Crippen molar-refractivity contribution < 1.29 is 16.8 Å². The first-order valence-corrected chi connectivity index (χ1v) is 9.47. The molecule has 0 aromatic heterocycles. The number of hydrogen-bond donors (Lipinski definition) is 1. The molecule has 2 heterocycles. The van der Waals surface area contributed by atoms with Crippen LogP contribution < -0.4 is 5.32 Å². The fourth-order valence-electron chi connectivity index (χ4n) is 2.48. The monoisotopic (exact) mass is 296 g/mol. The van der Waals surface area contributed by atoms with E-state index in [2.05, 4.69) is 5.32 Å². The van der Waals surface area contributed by atoms with E-state index in [0.717, 1.165) is 0 Å². The van der Waals surface area contributed by atoms with Crippen molar-refractivity contribution in [2.24, 2.45) is 0 Å². The lowest BCUT2D eigenvalue weighted by atomic mass is 10.2. The van der Waals surface area contributed by atoms with Crippen LogP contribution in [0.3, 0.4) is 0 Å². The summed E-state index contributed by atoms with van der Waals surface area (Å²) < 4.78 is 49.4. The Bertz CT molecular complexity index is 500. The molecule has 2 fully saturated rings. The summed E-state index contributed by atoms with van der Waals surface area (Å²) in [4.78, 5) is 0. The topological polar surface area (TPSA) is 83.6 Å². The van der Waals surface area contributed by atoms with Crippen LogP contribution >= 0.6 is 0 Å². The third-order valence-electron chi connectivity index (χ3n) is 3.71. The van der Waals surface area contributed by atoms with E-state index in [-0.39, 0.29) is 12.3 Å². The van der Waals surface area contributed by atoms with Gasteiger partial charge in [-0.25, -0.2) is 16.8 Å². The minimum atomic E-state index is -3.37. The average Bonchev–Trinajstić information content (AvgIpc) is 2.55. The molecule has 0 spiro atoms. The summed E-state index contributed by atoms with van der Waals surface area (Å²) in [6.45, 7) is 3.14. The zero-order chi connectivity index (χ0) is 13.4. The highest BCUT2D eigenvalue weighted by atomic mass is 32.2. The zero-order valence-corrected chi connectivity index (χ0v) is 12.1. The number of nitrogens with one attached hydrogen (secondary N) is 1. The molecule has 18 heavy (non-hydrogen) atoms. The van der Waals surface area contributed by atoms with Crippen LogP contribution in [0.2, 0.25) is 0 Å². The van der Waals surface area contributed by atoms with Crippen LogP contribution in [0.5, 0.6) is 0 Å². The first-order chi connectivity index (χ1) is 8.34. The van der Waals surface area contributed by atoms with Gasteiger partial charge in [0.1, 0.15) is 0 Å². The van der Waals surface area contributed by atoms with Crippen molar-refractivity contribution in [2.45, 2.75) is 30.3 Å². The molecule has 0 bridgehead atoms. The largest absolute Gasteiger partial charge is 0.314 e. The number of rotatable bonds is 2. The van der Waals surface area contributed by atoms with Gasteiger partial charge in [-0.2, -0.15) is 4.31 Å². The van der Waals surface area contributed by atoms with Crippen molar-refractivity contribution >= 4 is 19.9 Å². The van der Waals surface area contributed by atoms with Crippen molar-refractivity contribution in [1.29, 1.82) is 0 Å². The van der Waals surface area contributed by atoms with Crippen molar-refractivity contribution in [2.75, 3.05) is 31.9 Å². The quantitative estimate of drug-likeness (QED) is 0.720. The second-order valence-corrected chi connectivity index (χ2v) is 9.80. The minimum absolute atomic E-state index is 0.122. The Morgan fingerprint density at radius 3 is 2.61 bits per heavy atom. The standard InChI is InChI=1S/C10H20N2O4S2/c1-9-7-11-4-5-12(18(9,15)16)8-10-3-2-6-17(10,13)14/h9-11H,2-8H2,1H3. The van der Waals surface area contributed by atoms with Gasteiger partial charge in [0.05, 0.1) is 16.3 Å². The summed E-state index contributed by atoms with van der Waals surface area (Å²) >= 11 is 0. The predicted octanol–water partition coefficient (Wildman–Crippen LogP) is -0.813. The number of hydrogen-bond acceptors (Lipinski definition) is 5. The van der Waals surface area contributed by atoms with E-state index >= 15 is 0 Å². The predicted molar refractivity (Wildman–Crippen MR) is 69.6 cm³/mol. The molecule has 0 aliphatic carbocycles. The van der Waals surface area contributed by atoms with Crippen molar-refractivity contribution in [3.8, 4) is 0 Å². The number of sulfonamides is 1. The summed E-state index contributed by atoms with van der Waals surface area (Å²) in [7, 11) is -6.46. The van der Waals surface area contributed by atoms with Crippen LogP contribution in [0.15, 0.2) is 0 Å². The van der Waals surface area contributed by atoms with Gasteiger partial charge in [0.25, 0.3) is 0 Å². The van der Waals surface area contributed by atoms with Crippen LogP contribution in [-0.2, 0) is 19.9 Å². The molecule has 0 amide bonds. The van der Waals surface area contributed by atoms with Crippen LogP contribution in [0, 0.1) is 0 Å². The molecule has 6 nitrogen and oxygen atoms in total. The lowest BCUT2D eigenvalue weighted by Crippen LogP contribution is -2.43. The first kappa shape index (κ1) is 14.2. The summed E-state index contributed by atoms with van der Waals surface area (Å²) in [5, 5.41) is 2.05. The second kappa shape index (κ2) is 5.07. The lowest BCUT2D eigenvalue weighted by Gasteiger charge is -2.24. The fourth-order valence-corrected chi connectivity index (χ4v) is 5.98. The van der Waals surface area contributed by atoms with Crippen LogP contribution in [0.4, 0.5) is 0 Å². The lowest BCUT2D eigenvalue weighted by molar-refractivity contribution is 0.409. The van der Waals surface area contributed by atoms with E-state index in [9.17, 15) is 16.8 Å². The highest BCUT2D eigenvalue weighted by molar-refractivity contribution is 7.92. The molecule has 0 saturated carbocycles. The molecule has 2 saturated heterocycles. The van der Waals surface area contributed by atoms with E-state index in [1.165, 1.54) is 4.31 Å². The SMILES string of the molecule is CC1CNCCN(CC2CCCS2(=O)=O)S1(=O)=O. The molecule has 2 rings (SSSR count).